The molecule has 0 atom stereocenters. The minimum atomic E-state index is -0.533. The second-order valence-corrected chi connectivity index (χ2v) is 10.4. The van der Waals surface area contributed by atoms with Gasteiger partial charge in [0.15, 0.2) is 10.3 Å². The second-order valence-electron chi connectivity index (χ2n) is 8.37. The maximum atomic E-state index is 13.4. The van der Waals surface area contributed by atoms with E-state index in [1.54, 1.807) is 25.3 Å². The number of methoxy groups -OCH3 is 1. The number of nitrogens with zero attached hydrogens (tertiary/aromatic N) is 2. The largest absolute Gasteiger partial charge is 2.00 e. The fraction of sp³-hybridized carbons (Fsp3) is 0.0333. The number of ether oxygens (including phenoxy) is 1. The predicted molar refractivity (Wildman–Crippen MR) is 169 cm³/mol. The van der Waals surface area contributed by atoms with Gasteiger partial charge in [-0.2, -0.15) is 35.6 Å². The molecule has 4 amide bonds. The molecule has 6 rings (SSSR count). The van der Waals surface area contributed by atoms with E-state index < -0.39 is 17.9 Å². The van der Waals surface area contributed by atoms with Crippen molar-refractivity contribution in [2.45, 2.75) is 0 Å². The number of anilines is 4. The van der Waals surface area contributed by atoms with Crippen molar-refractivity contribution in [2.75, 3.05) is 28.4 Å². The van der Waals surface area contributed by atoms with Crippen molar-refractivity contribution in [3.05, 3.63) is 110 Å². The number of aromatic nitrogens is 2. The van der Waals surface area contributed by atoms with Crippen molar-refractivity contribution in [1.82, 2.24) is 9.97 Å². The summed E-state index contributed by atoms with van der Waals surface area (Å²) in [5.74, 6) is -0.190. The van der Waals surface area contributed by atoms with Crippen LogP contribution in [0.4, 0.5) is 40.0 Å². The van der Waals surface area contributed by atoms with E-state index in [-0.39, 0.29) is 50.0 Å². The van der Waals surface area contributed by atoms with Crippen LogP contribution in [-0.2, 0) is 0 Å². The average molecular weight is 857 g/mol. The van der Waals surface area contributed by atoms with E-state index in [9.17, 15) is 18.4 Å². The van der Waals surface area contributed by atoms with Crippen LogP contribution in [0.5, 0.6) is 5.75 Å². The number of urea groups is 2. The van der Waals surface area contributed by atoms with Gasteiger partial charge in [0.2, 0.25) is 0 Å². The number of hydrogen-bond donors (Lipinski definition) is 4. The number of para-hydroxylation sites is 3. The van der Waals surface area contributed by atoms with Gasteiger partial charge in [-0.1, -0.05) is 34.2 Å². The van der Waals surface area contributed by atoms with E-state index in [0.717, 1.165) is 9.40 Å². The zero-order valence-electron chi connectivity index (χ0n) is 23.3. The first-order chi connectivity index (χ1) is 20.4. The van der Waals surface area contributed by atoms with Crippen LogP contribution in [0.25, 0.3) is 20.4 Å². The molecule has 0 saturated heterocycles. The molecular formula is C30H24F2N6O3S2U. The number of carbonyl (C=O) groups excluding carboxylic acids is 2. The van der Waals surface area contributed by atoms with Crippen molar-refractivity contribution in [3.63, 3.8) is 0 Å². The van der Waals surface area contributed by atoms with Gasteiger partial charge in [-0.05, 0) is 54.0 Å². The number of rotatable bonds is 5. The molecule has 14 heteroatoms. The summed E-state index contributed by atoms with van der Waals surface area (Å²) in [5, 5.41) is 11.2. The topological polar surface area (TPSA) is 117 Å². The SMILES string of the molecule is COc1cccc2sc(NC(=O)Nc3ccc(F)cc3)nc12.O=C(Nc1nc2[c-]cccc2s1)Nc1ccccc1F.[CH3-].[U+2]. The standard InChI is InChI=1S/C15H12FN3O2S.C14H9FN3OS.CH3.U/c1-21-11-3-2-4-12-13(11)18-15(22-12)19-14(20)17-10-7-5-9(16)6-8-10;15-9-5-1-2-6-10(9)16-13(19)18-14-17-11-7-3-4-8-12(11)20-14;;/h2-8H,1H3,(H2,17,18,19,20);1-6,8H,(H2,16,17,18,19);1H3;/q;2*-1;+2. The smallest absolute Gasteiger partial charge is 0.494 e. The van der Waals surface area contributed by atoms with Crippen LogP contribution in [-0.4, -0.2) is 29.1 Å². The summed E-state index contributed by atoms with van der Waals surface area (Å²) in [4.78, 5) is 32.3. The first-order valence-electron chi connectivity index (χ1n) is 12.2. The van der Waals surface area contributed by atoms with Crippen LogP contribution >= 0.6 is 22.7 Å². The van der Waals surface area contributed by atoms with Crippen molar-refractivity contribution >= 4 is 76.8 Å². The minimum absolute atomic E-state index is 0. The summed E-state index contributed by atoms with van der Waals surface area (Å²) in [6.07, 6.45) is 0. The van der Waals surface area contributed by atoms with E-state index in [2.05, 4.69) is 37.3 Å². The van der Waals surface area contributed by atoms with Crippen molar-refractivity contribution in [1.29, 1.82) is 0 Å². The van der Waals surface area contributed by atoms with Crippen LogP contribution < -0.4 is 26.0 Å². The molecule has 222 valence electrons. The Kier molecular flexibility index (Phi) is 12.6. The van der Waals surface area contributed by atoms with Gasteiger partial charge in [0.1, 0.15) is 22.9 Å². The van der Waals surface area contributed by atoms with Crippen LogP contribution in [0.2, 0.25) is 0 Å². The molecule has 9 nitrogen and oxygen atoms in total. The molecule has 6 aromatic rings. The molecule has 0 spiro atoms. The number of benzene rings is 4. The Morgan fingerprint density at radius 1 is 0.773 bits per heavy atom. The van der Waals surface area contributed by atoms with E-state index in [0.29, 0.717) is 32.7 Å². The van der Waals surface area contributed by atoms with Gasteiger partial charge in [0, 0.05) is 5.69 Å². The molecule has 0 fully saturated rings. The quantitative estimate of drug-likeness (QED) is 0.130. The third kappa shape index (κ3) is 8.96. The molecule has 44 heavy (non-hydrogen) atoms. The van der Waals surface area contributed by atoms with Gasteiger partial charge in [-0.15, -0.1) is 0 Å². The summed E-state index contributed by atoms with van der Waals surface area (Å²) < 4.78 is 33.3. The van der Waals surface area contributed by atoms with Crippen LogP contribution in [0, 0.1) is 56.2 Å². The van der Waals surface area contributed by atoms with Gasteiger partial charge < -0.3 is 22.8 Å². The van der Waals surface area contributed by atoms with E-state index in [4.69, 9.17) is 4.74 Å². The Hall–Kier alpha value is -4.09. The summed E-state index contributed by atoms with van der Waals surface area (Å²) in [6.45, 7) is 0. The van der Waals surface area contributed by atoms with E-state index in [1.807, 2.05) is 30.3 Å². The Balaban J connectivity index is 0.000000231. The minimum Gasteiger partial charge on any atom is -0.494 e. The monoisotopic (exact) mass is 856 g/mol. The average Bonchev–Trinajstić information content (AvgIpc) is 3.58. The molecule has 2 aromatic heterocycles. The fourth-order valence-corrected chi connectivity index (χ4v) is 5.33. The first-order valence-corrected chi connectivity index (χ1v) is 13.9. The normalized spacial score (nSPS) is 9.98. The van der Waals surface area contributed by atoms with Gasteiger partial charge in [-0.25, -0.2) is 28.3 Å². The van der Waals surface area contributed by atoms with Crippen molar-refractivity contribution in [3.8, 4) is 5.75 Å². The van der Waals surface area contributed by atoms with Crippen molar-refractivity contribution < 1.29 is 54.2 Å². The van der Waals surface area contributed by atoms with Gasteiger partial charge >= 0.3 is 43.2 Å². The predicted octanol–water partition coefficient (Wildman–Crippen LogP) is 8.42. The molecule has 4 aromatic carbocycles. The Bertz CT molecular complexity index is 1830. The van der Waals surface area contributed by atoms with Crippen molar-refractivity contribution in [2.24, 2.45) is 0 Å². The molecule has 0 bridgehead atoms. The number of carbonyl (C=O) groups is 2. The van der Waals surface area contributed by atoms with Gasteiger partial charge in [0.05, 0.1) is 17.5 Å². The molecule has 0 aliphatic rings. The van der Waals surface area contributed by atoms with E-state index in [1.165, 1.54) is 59.1 Å². The molecule has 0 aliphatic carbocycles. The molecule has 0 unspecified atom stereocenters. The molecular weight excluding hydrogens is 833 g/mol. The number of nitrogens with one attached hydrogen (secondary N) is 4. The van der Waals surface area contributed by atoms with Gasteiger partial charge in [-0.3, -0.25) is 10.6 Å². The van der Waals surface area contributed by atoms with Gasteiger partial charge in [0.25, 0.3) is 0 Å². The number of fused-ring (bicyclic) bond motifs is 2. The summed E-state index contributed by atoms with van der Waals surface area (Å²) >= 11 is 2.68. The first kappa shape index (κ1) is 34.4. The molecule has 0 aliphatic heterocycles. The zero-order valence-corrected chi connectivity index (χ0v) is 29.1. The molecule has 0 radical (unpaired) electrons. The Labute approximate surface area is 283 Å². The Morgan fingerprint density at radius 3 is 2.14 bits per heavy atom. The van der Waals surface area contributed by atoms with Crippen LogP contribution in [0.1, 0.15) is 0 Å². The Morgan fingerprint density at radius 2 is 1.43 bits per heavy atom. The number of thiazole rings is 2. The number of halogens is 2. The van der Waals surface area contributed by atoms with E-state index >= 15 is 0 Å². The molecule has 0 saturated carbocycles. The third-order valence-electron chi connectivity index (χ3n) is 5.48. The second kappa shape index (κ2) is 16.1. The third-order valence-corrected chi connectivity index (χ3v) is 7.36. The maximum Gasteiger partial charge on any atom is 2.00 e. The molecule has 4 N–H and O–H groups in total. The summed E-state index contributed by atoms with van der Waals surface area (Å²) in [5.41, 5.74) is 2.01. The van der Waals surface area contributed by atoms with Crippen LogP contribution in [0.3, 0.4) is 0 Å². The maximum absolute atomic E-state index is 13.4. The summed E-state index contributed by atoms with van der Waals surface area (Å²) in [6, 6.07) is 24.6. The zero-order chi connectivity index (χ0) is 29.5. The fourth-order valence-electron chi connectivity index (χ4n) is 3.61. The molecule has 2 heterocycles. The number of amides is 4. The summed E-state index contributed by atoms with van der Waals surface area (Å²) in [7, 11) is 1.57. The number of hydrogen-bond acceptors (Lipinski definition) is 7. The van der Waals surface area contributed by atoms with Crippen LogP contribution in [0.15, 0.2) is 84.9 Å².